The second kappa shape index (κ2) is 10.2. The van der Waals surface area contributed by atoms with Crippen LogP contribution >= 0.6 is 11.3 Å². The maximum atomic E-state index is 5.45. The zero-order valence-electron chi connectivity index (χ0n) is 16.9. The molecule has 6 nitrogen and oxygen atoms in total. The van der Waals surface area contributed by atoms with E-state index in [-0.39, 0.29) is 0 Å². The Bertz CT molecular complexity index is 864. The van der Waals surface area contributed by atoms with Gasteiger partial charge in [-0.05, 0) is 31.4 Å². The average Bonchev–Trinajstić information content (AvgIpc) is 3.35. The molecule has 0 aliphatic heterocycles. The second-order valence-electron chi connectivity index (χ2n) is 6.76. The highest BCUT2D eigenvalue weighted by atomic mass is 32.1. The fraction of sp³-hybridized carbons (Fsp3) is 0.476. The van der Waals surface area contributed by atoms with Crippen molar-refractivity contribution in [3.05, 3.63) is 46.8 Å². The van der Waals surface area contributed by atoms with Gasteiger partial charge in [0.05, 0.1) is 27.5 Å². The number of rotatable bonds is 9. The van der Waals surface area contributed by atoms with Crippen LogP contribution in [0.5, 0.6) is 0 Å². The number of benzene rings is 1. The number of aryl methyl sites for hydroxylation is 1. The van der Waals surface area contributed by atoms with E-state index in [0.29, 0.717) is 12.5 Å². The van der Waals surface area contributed by atoms with E-state index in [1.165, 1.54) is 9.71 Å². The Morgan fingerprint density at radius 3 is 2.79 bits per heavy atom. The molecule has 1 aromatic carbocycles. The number of aromatic nitrogens is 2. The summed E-state index contributed by atoms with van der Waals surface area (Å²) in [4.78, 5) is 8.96. The predicted octanol–water partition coefficient (Wildman–Crippen LogP) is 4.49. The molecule has 0 amide bonds. The van der Waals surface area contributed by atoms with Crippen LogP contribution in [0.4, 0.5) is 0 Å². The van der Waals surface area contributed by atoms with Gasteiger partial charge in [0, 0.05) is 32.0 Å². The molecule has 2 aromatic heterocycles. The van der Waals surface area contributed by atoms with E-state index in [0.717, 1.165) is 55.2 Å². The van der Waals surface area contributed by atoms with Crippen molar-refractivity contribution in [2.75, 3.05) is 13.6 Å². The Labute approximate surface area is 170 Å². The van der Waals surface area contributed by atoms with Crippen LogP contribution in [0.15, 0.2) is 39.8 Å². The van der Waals surface area contributed by atoms with Gasteiger partial charge in [0.2, 0.25) is 0 Å². The number of fused-ring (bicyclic) bond motifs is 1. The molecule has 0 aliphatic rings. The fourth-order valence-electron chi connectivity index (χ4n) is 3.18. The second-order valence-corrected chi connectivity index (χ2v) is 7.88. The maximum absolute atomic E-state index is 5.45. The van der Waals surface area contributed by atoms with Gasteiger partial charge < -0.3 is 15.2 Å². The fourth-order valence-corrected chi connectivity index (χ4v) is 4.19. The minimum atomic E-state index is 0.470. The highest BCUT2D eigenvalue weighted by Crippen LogP contribution is 2.23. The van der Waals surface area contributed by atoms with Gasteiger partial charge in [0.25, 0.3) is 0 Å². The standard InChI is InChI=1S/C21H29N5OS/c1-4-15(5-2)18-13-16(27-26-18)14-24-21(22-3)23-12-8-11-20-25-17-9-6-7-10-19(17)28-20/h6-7,9-10,13,15H,4-5,8,11-12,14H2,1-3H3,(H2,22,23,24). The van der Waals surface area contributed by atoms with Crippen molar-refractivity contribution in [1.82, 2.24) is 20.8 Å². The van der Waals surface area contributed by atoms with Gasteiger partial charge in [-0.1, -0.05) is 31.1 Å². The summed E-state index contributed by atoms with van der Waals surface area (Å²) in [6.07, 6.45) is 4.12. The number of thiazole rings is 1. The maximum Gasteiger partial charge on any atom is 0.191 e. The van der Waals surface area contributed by atoms with Crippen molar-refractivity contribution in [1.29, 1.82) is 0 Å². The summed E-state index contributed by atoms with van der Waals surface area (Å²) in [5.74, 6) is 2.07. The largest absolute Gasteiger partial charge is 0.359 e. The van der Waals surface area contributed by atoms with E-state index in [9.17, 15) is 0 Å². The molecule has 0 radical (unpaired) electrons. The minimum absolute atomic E-state index is 0.470. The van der Waals surface area contributed by atoms with E-state index in [4.69, 9.17) is 4.52 Å². The van der Waals surface area contributed by atoms with Crippen molar-refractivity contribution in [2.24, 2.45) is 4.99 Å². The predicted molar refractivity (Wildman–Crippen MR) is 116 cm³/mol. The summed E-state index contributed by atoms with van der Waals surface area (Å²) in [6.45, 7) is 5.78. The highest BCUT2D eigenvalue weighted by Gasteiger charge is 2.13. The quantitative estimate of drug-likeness (QED) is 0.315. The van der Waals surface area contributed by atoms with Crippen LogP contribution in [0.1, 0.15) is 55.5 Å². The molecule has 0 fully saturated rings. The summed E-state index contributed by atoms with van der Waals surface area (Å²) < 4.78 is 6.71. The number of aliphatic imine (C=N–C) groups is 1. The van der Waals surface area contributed by atoms with Crippen LogP contribution in [0, 0.1) is 0 Å². The molecular formula is C21H29N5OS. The first-order valence-corrected chi connectivity index (χ1v) is 10.8. The van der Waals surface area contributed by atoms with Gasteiger partial charge >= 0.3 is 0 Å². The van der Waals surface area contributed by atoms with Crippen molar-refractivity contribution in [3.63, 3.8) is 0 Å². The molecular weight excluding hydrogens is 370 g/mol. The van der Waals surface area contributed by atoms with E-state index in [2.05, 4.69) is 57.8 Å². The summed E-state index contributed by atoms with van der Waals surface area (Å²) >= 11 is 1.77. The van der Waals surface area contributed by atoms with Gasteiger partial charge in [0.15, 0.2) is 11.7 Å². The van der Waals surface area contributed by atoms with Crippen LogP contribution < -0.4 is 10.6 Å². The van der Waals surface area contributed by atoms with E-state index in [1.807, 2.05) is 12.1 Å². The lowest BCUT2D eigenvalue weighted by atomic mass is 9.99. The number of nitrogens with one attached hydrogen (secondary N) is 2. The summed E-state index contributed by atoms with van der Waals surface area (Å²) in [5.41, 5.74) is 2.13. The molecule has 3 rings (SSSR count). The average molecular weight is 400 g/mol. The summed E-state index contributed by atoms with van der Waals surface area (Å²) in [6, 6.07) is 10.3. The Balaban J connectivity index is 1.41. The molecule has 0 aliphatic carbocycles. The molecule has 3 aromatic rings. The van der Waals surface area contributed by atoms with Gasteiger partial charge in [-0.2, -0.15) is 0 Å². The molecule has 28 heavy (non-hydrogen) atoms. The number of nitrogens with zero attached hydrogens (tertiary/aromatic N) is 3. The lowest BCUT2D eigenvalue weighted by Gasteiger charge is -2.10. The minimum Gasteiger partial charge on any atom is -0.359 e. The smallest absolute Gasteiger partial charge is 0.191 e. The number of hydrogen-bond donors (Lipinski definition) is 2. The molecule has 0 saturated carbocycles. The first-order chi connectivity index (χ1) is 13.7. The van der Waals surface area contributed by atoms with Crippen LogP contribution in [0.25, 0.3) is 10.2 Å². The Hall–Kier alpha value is -2.41. The van der Waals surface area contributed by atoms with E-state index in [1.54, 1.807) is 18.4 Å². The lowest BCUT2D eigenvalue weighted by Crippen LogP contribution is -2.37. The van der Waals surface area contributed by atoms with Gasteiger partial charge in [-0.3, -0.25) is 4.99 Å². The zero-order valence-corrected chi connectivity index (χ0v) is 17.7. The molecule has 0 spiro atoms. The van der Waals surface area contributed by atoms with Crippen LogP contribution in [0.2, 0.25) is 0 Å². The third-order valence-electron chi connectivity index (χ3n) is 4.83. The van der Waals surface area contributed by atoms with Crippen LogP contribution in [-0.2, 0) is 13.0 Å². The van der Waals surface area contributed by atoms with E-state index < -0.39 is 0 Å². The summed E-state index contributed by atoms with van der Waals surface area (Å²) in [7, 11) is 1.78. The van der Waals surface area contributed by atoms with Crippen molar-refractivity contribution in [2.45, 2.75) is 52.0 Å². The van der Waals surface area contributed by atoms with Crippen LogP contribution in [0.3, 0.4) is 0 Å². The van der Waals surface area contributed by atoms with Gasteiger partial charge in [-0.15, -0.1) is 11.3 Å². The molecule has 0 atom stereocenters. The van der Waals surface area contributed by atoms with Gasteiger partial charge in [0.1, 0.15) is 0 Å². The van der Waals surface area contributed by atoms with Crippen molar-refractivity contribution in [3.8, 4) is 0 Å². The molecule has 150 valence electrons. The monoisotopic (exact) mass is 399 g/mol. The zero-order chi connectivity index (χ0) is 19.8. The molecule has 7 heteroatoms. The molecule has 0 bridgehead atoms. The van der Waals surface area contributed by atoms with Crippen molar-refractivity contribution >= 4 is 27.5 Å². The first kappa shape index (κ1) is 20.3. The SMILES string of the molecule is CCC(CC)c1cc(CNC(=NC)NCCCc2nc3ccccc3s2)on1. The van der Waals surface area contributed by atoms with E-state index >= 15 is 0 Å². The number of hydrogen-bond acceptors (Lipinski definition) is 5. The Morgan fingerprint density at radius 2 is 2.04 bits per heavy atom. The molecule has 0 saturated heterocycles. The number of guanidine groups is 1. The summed E-state index contributed by atoms with van der Waals surface area (Å²) in [5, 5.41) is 12.0. The Kier molecular flexibility index (Phi) is 7.42. The molecule has 2 N–H and O–H groups in total. The van der Waals surface area contributed by atoms with Crippen LogP contribution in [-0.4, -0.2) is 29.7 Å². The Morgan fingerprint density at radius 1 is 1.21 bits per heavy atom. The molecule has 0 unspecified atom stereocenters. The molecule has 2 heterocycles. The van der Waals surface area contributed by atoms with Gasteiger partial charge in [-0.25, -0.2) is 4.98 Å². The third-order valence-corrected chi connectivity index (χ3v) is 5.93. The van der Waals surface area contributed by atoms with Crippen molar-refractivity contribution < 1.29 is 4.52 Å². The number of para-hydroxylation sites is 1. The highest BCUT2D eigenvalue weighted by molar-refractivity contribution is 7.18. The third kappa shape index (κ3) is 5.32. The normalized spacial score (nSPS) is 12.1. The topological polar surface area (TPSA) is 75.3 Å². The lowest BCUT2D eigenvalue weighted by molar-refractivity contribution is 0.368. The first-order valence-electron chi connectivity index (χ1n) is 9.97.